The number of benzene rings is 2. The van der Waals surface area contributed by atoms with Gasteiger partial charge in [0.15, 0.2) is 6.79 Å². The van der Waals surface area contributed by atoms with E-state index in [0.29, 0.717) is 6.61 Å². The van der Waals surface area contributed by atoms with Gasteiger partial charge in [0.25, 0.3) is 0 Å². The third-order valence-corrected chi connectivity index (χ3v) is 2.60. The second kappa shape index (κ2) is 6.68. The van der Waals surface area contributed by atoms with Gasteiger partial charge >= 0.3 is 5.97 Å². The number of halogens is 1. The molecular formula is C15H13FO4. The summed E-state index contributed by atoms with van der Waals surface area (Å²) in [6, 6.07) is 13.3. The summed E-state index contributed by atoms with van der Waals surface area (Å²) in [6.07, 6.45) is 0. The smallest absolute Gasteiger partial charge is 0.342 e. The Labute approximate surface area is 115 Å². The Kier molecular flexibility index (Phi) is 4.68. The van der Waals surface area contributed by atoms with Crippen LogP contribution in [0.4, 0.5) is 4.39 Å². The Bertz CT molecular complexity index is 584. The molecule has 0 saturated heterocycles. The number of hydrogen-bond acceptors (Lipinski definition) is 3. The maximum Gasteiger partial charge on any atom is 0.342 e. The van der Waals surface area contributed by atoms with E-state index in [0.717, 1.165) is 11.6 Å². The molecule has 104 valence electrons. The summed E-state index contributed by atoms with van der Waals surface area (Å²) in [7, 11) is 0. The summed E-state index contributed by atoms with van der Waals surface area (Å²) < 4.78 is 23.8. The molecule has 0 aliphatic heterocycles. The molecule has 0 aromatic heterocycles. The first-order valence-electron chi connectivity index (χ1n) is 5.95. The van der Waals surface area contributed by atoms with Crippen molar-refractivity contribution in [3.05, 3.63) is 65.5 Å². The molecule has 0 bridgehead atoms. The van der Waals surface area contributed by atoms with Crippen molar-refractivity contribution in [3.8, 4) is 5.75 Å². The van der Waals surface area contributed by atoms with Crippen LogP contribution in [0.2, 0.25) is 0 Å². The highest BCUT2D eigenvalue weighted by molar-refractivity contribution is 5.91. The molecule has 0 fully saturated rings. The van der Waals surface area contributed by atoms with Crippen molar-refractivity contribution in [1.29, 1.82) is 0 Å². The average Bonchev–Trinajstić information content (AvgIpc) is 2.44. The molecule has 0 aliphatic carbocycles. The first-order valence-corrected chi connectivity index (χ1v) is 5.95. The van der Waals surface area contributed by atoms with Crippen LogP contribution >= 0.6 is 0 Å². The Morgan fingerprint density at radius 2 is 1.85 bits per heavy atom. The number of rotatable bonds is 6. The monoisotopic (exact) mass is 276 g/mol. The van der Waals surface area contributed by atoms with Crippen LogP contribution in [0.15, 0.2) is 48.5 Å². The largest absolute Gasteiger partial charge is 0.477 e. The molecule has 0 unspecified atom stereocenters. The highest BCUT2D eigenvalue weighted by atomic mass is 19.1. The molecule has 20 heavy (non-hydrogen) atoms. The second-order valence-electron chi connectivity index (χ2n) is 4.01. The maximum atomic E-state index is 13.4. The van der Waals surface area contributed by atoms with Gasteiger partial charge in [-0.05, 0) is 17.7 Å². The van der Waals surface area contributed by atoms with E-state index in [9.17, 15) is 9.18 Å². The molecule has 2 aromatic carbocycles. The molecule has 0 saturated carbocycles. The van der Waals surface area contributed by atoms with Crippen molar-refractivity contribution < 1.29 is 23.8 Å². The Balaban J connectivity index is 1.92. The first kappa shape index (κ1) is 14.0. The molecular weight excluding hydrogens is 263 g/mol. The molecule has 0 heterocycles. The quantitative estimate of drug-likeness (QED) is 0.650. The van der Waals surface area contributed by atoms with Gasteiger partial charge in [-0.15, -0.1) is 0 Å². The van der Waals surface area contributed by atoms with Crippen LogP contribution in [0.3, 0.4) is 0 Å². The van der Waals surface area contributed by atoms with E-state index >= 15 is 0 Å². The van der Waals surface area contributed by atoms with E-state index in [1.54, 1.807) is 0 Å². The zero-order chi connectivity index (χ0) is 14.4. The van der Waals surface area contributed by atoms with Gasteiger partial charge in [-0.3, -0.25) is 0 Å². The maximum absolute atomic E-state index is 13.4. The second-order valence-corrected chi connectivity index (χ2v) is 4.01. The lowest BCUT2D eigenvalue weighted by Gasteiger charge is -2.10. The van der Waals surface area contributed by atoms with Crippen LogP contribution in [0.25, 0.3) is 0 Å². The number of hydrogen-bond donors (Lipinski definition) is 1. The fourth-order valence-electron chi connectivity index (χ4n) is 1.67. The first-order chi connectivity index (χ1) is 9.68. The topological polar surface area (TPSA) is 55.8 Å². The van der Waals surface area contributed by atoms with Gasteiger partial charge in [-0.2, -0.15) is 0 Å². The number of carbonyl (C=O) groups is 1. The van der Waals surface area contributed by atoms with E-state index in [4.69, 9.17) is 14.6 Å². The molecule has 1 N–H and O–H groups in total. The van der Waals surface area contributed by atoms with Gasteiger partial charge in [0, 0.05) is 0 Å². The number of ether oxygens (including phenoxy) is 2. The summed E-state index contributed by atoms with van der Waals surface area (Å²) in [5.41, 5.74) is 0.476. The summed E-state index contributed by atoms with van der Waals surface area (Å²) in [6.45, 7) is 0.178. The Morgan fingerprint density at radius 3 is 2.55 bits per heavy atom. The highest BCUT2D eigenvalue weighted by Crippen LogP contribution is 2.21. The van der Waals surface area contributed by atoms with Crippen molar-refractivity contribution in [1.82, 2.24) is 0 Å². The average molecular weight is 276 g/mol. The minimum atomic E-state index is -1.37. The van der Waals surface area contributed by atoms with Crippen LogP contribution in [0, 0.1) is 5.82 Å². The number of carboxylic acids is 1. The highest BCUT2D eigenvalue weighted by Gasteiger charge is 2.16. The zero-order valence-electron chi connectivity index (χ0n) is 10.6. The predicted molar refractivity (Wildman–Crippen MR) is 70.1 cm³/mol. The summed E-state index contributed by atoms with van der Waals surface area (Å²) in [4.78, 5) is 10.9. The van der Waals surface area contributed by atoms with Crippen LogP contribution in [-0.4, -0.2) is 17.9 Å². The standard InChI is InChI=1S/C15H13FO4/c16-12-7-4-8-13(14(12)15(17)18)20-10-19-9-11-5-2-1-3-6-11/h1-8H,9-10H2,(H,17,18). The summed E-state index contributed by atoms with van der Waals surface area (Å²) in [5.74, 6) is -2.26. The predicted octanol–water partition coefficient (Wildman–Crippen LogP) is 3.08. The molecule has 4 nitrogen and oxygen atoms in total. The van der Waals surface area contributed by atoms with Gasteiger partial charge in [0.05, 0.1) is 6.61 Å². The Morgan fingerprint density at radius 1 is 1.10 bits per heavy atom. The molecule has 0 amide bonds. The van der Waals surface area contributed by atoms with E-state index in [-0.39, 0.29) is 12.5 Å². The lowest BCUT2D eigenvalue weighted by molar-refractivity contribution is 0.00411. The fraction of sp³-hybridized carbons (Fsp3) is 0.133. The fourth-order valence-corrected chi connectivity index (χ4v) is 1.67. The van der Waals surface area contributed by atoms with Crippen molar-refractivity contribution in [2.45, 2.75) is 6.61 Å². The zero-order valence-corrected chi connectivity index (χ0v) is 10.6. The van der Waals surface area contributed by atoms with Crippen LogP contribution in [0.5, 0.6) is 5.75 Å². The number of carboxylic acid groups (broad SMARTS) is 1. The van der Waals surface area contributed by atoms with E-state index in [1.165, 1.54) is 12.1 Å². The van der Waals surface area contributed by atoms with Gasteiger partial charge in [-0.1, -0.05) is 36.4 Å². The van der Waals surface area contributed by atoms with E-state index < -0.39 is 17.3 Å². The third kappa shape index (κ3) is 3.55. The molecule has 0 radical (unpaired) electrons. The minimum absolute atomic E-state index is 0.0504. The molecule has 2 rings (SSSR count). The summed E-state index contributed by atoms with van der Waals surface area (Å²) in [5, 5.41) is 8.92. The van der Waals surface area contributed by atoms with Crippen LogP contribution in [0.1, 0.15) is 15.9 Å². The molecule has 2 aromatic rings. The lowest BCUT2D eigenvalue weighted by atomic mass is 10.2. The van der Waals surface area contributed by atoms with Gasteiger partial charge in [0.2, 0.25) is 0 Å². The van der Waals surface area contributed by atoms with Crippen molar-refractivity contribution in [2.75, 3.05) is 6.79 Å². The Hall–Kier alpha value is -2.40. The van der Waals surface area contributed by atoms with Crippen LogP contribution < -0.4 is 4.74 Å². The van der Waals surface area contributed by atoms with Crippen molar-refractivity contribution in [3.63, 3.8) is 0 Å². The molecule has 0 spiro atoms. The van der Waals surface area contributed by atoms with E-state index in [1.807, 2.05) is 30.3 Å². The molecule has 0 aliphatic rings. The SMILES string of the molecule is O=C(O)c1c(F)cccc1OCOCc1ccccc1. The van der Waals surface area contributed by atoms with Gasteiger partial charge < -0.3 is 14.6 Å². The normalized spacial score (nSPS) is 10.2. The summed E-state index contributed by atoms with van der Waals surface area (Å²) >= 11 is 0. The lowest BCUT2D eigenvalue weighted by Crippen LogP contribution is -2.09. The van der Waals surface area contributed by atoms with E-state index in [2.05, 4.69) is 0 Å². The van der Waals surface area contributed by atoms with Crippen molar-refractivity contribution in [2.24, 2.45) is 0 Å². The van der Waals surface area contributed by atoms with Gasteiger partial charge in [-0.25, -0.2) is 9.18 Å². The number of aromatic carboxylic acids is 1. The molecule has 5 heteroatoms. The van der Waals surface area contributed by atoms with Crippen LogP contribution in [-0.2, 0) is 11.3 Å². The molecule has 0 atom stereocenters. The third-order valence-electron chi connectivity index (χ3n) is 2.60. The minimum Gasteiger partial charge on any atom is -0.477 e. The van der Waals surface area contributed by atoms with Gasteiger partial charge in [0.1, 0.15) is 17.1 Å². The van der Waals surface area contributed by atoms with Crippen molar-refractivity contribution >= 4 is 5.97 Å².